The van der Waals surface area contributed by atoms with Gasteiger partial charge in [-0.05, 0) is 18.6 Å². The summed E-state index contributed by atoms with van der Waals surface area (Å²) >= 11 is 0. The molecule has 0 aliphatic carbocycles. The molecule has 1 saturated heterocycles. The molecule has 150 valence electrons. The van der Waals surface area contributed by atoms with Crippen LogP contribution < -0.4 is 5.32 Å². The number of rotatable bonds is 6. The summed E-state index contributed by atoms with van der Waals surface area (Å²) in [6, 6.07) is 16.8. The number of aliphatic hydroxyl groups is 1. The van der Waals surface area contributed by atoms with Crippen LogP contribution in [0.1, 0.15) is 24.2 Å². The van der Waals surface area contributed by atoms with E-state index in [1.165, 1.54) is 11.6 Å². The Kier molecular flexibility index (Phi) is 7.39. The van der Waals surface area contributed by atoms with Crippen molar-refractivity contribution in [2.45, 2.75) is 19.6 Å². The van der Waals surface area contributed by atoms with E-state index in [9.17, 15) is 9.50 Å². The first-order chi connectivity index (χ1) is 13.7. The average Bonchev–Trinajstić information content (AvgIpc) is 2.73. The van der Waals surface area contributed by atoms with Crippen LogP contribution >= 0.6 is 0 Å². The lowest BCUT2D eigenvalue weighted by Gasteiger charge is -2.36. The third-order valence-electron chi connectivity index (χ3n) is 4.93. The number of aliphatic imine (C=N–C) groups is 1. The molecule has 28 heavy (non-hydrogen) atoms. The number of nitrogens with one attached hydrogen (secondary N) is 1. The van der Waals surface area contributed by atoms with Gasteiger partial charge in [-0.2, -0.15) is 0 Å². The summed E-state index contributed by atoms with van der Waals surface area (Å²) < 4.78 is 13.8. The van der Waals surface area contributed by atoms with Crippen LogP contribution in [0.3, 0.4) is 0 Å². The number of hydrogen-bond donors (Lipinski definition) is 2. The van der Waals surface area contributed by atoms with E-state index >= 15 is 0 Å². The molecule has 1 aliphatic rings. The van der Waals surface area contributed by atoms with E-state index in [1.807, 2.05) is 13.0 Å². The summed E-state index contributed by atoms with van der Waals surface area (Å²) in [6.45, 7) is 7.50. The van der Waals surface area contributed by atoms with Crippen molar-refractivity contribution in [3.05, 3.63) is 71.5 Å². The number of hydrogen-bond acceptors (Lipinski definition) is 3. The van der Waals surface area contributed by atoms with E-state index in [2.05, 4.69) is 44.4 Å². The lowest BCUT2D eigenvalue weighted by molar-refractivity contribution is 0.168. The van der Waals surface area contributed by atoms with Crippen LogP contribution in [0.15, 0.2) is 59.6 Å². The zero-order valence-electron chi connectivity index (χ0n) is 16.4. The molecule has 0 radical (unpaired) electrons. The number of nitrogens with zero attached hydrogens (tertiary/aromatic N) is 3. The second-order valence-corrected chi connectivity index (χ2v) is 6.98. The molecule has 1 aliphatic heterocycles. The minimum Gasteiger partial charge on any atom is -0.386 e. The van der Waals surface area contributed by atoms with Crippen molar-refractivity contribution in [3.63, 3.8) is 0 Å². The Morgan fingerprint density at radius 1 is 1.07 bits per heavy atom. The highest BCUT2D eigenvalue weighted by Crippen LogP contribution is 2.17. The van der Waals surface area contributed by atoms with Gasteiger partial charge in [0.05, 0.1) is 6.54 Å². The van der Waals surface area contributed by atoms with Crippen molar-refractivity contribution < 1.29 is 9.50 Å². The molecule has 0 aromatic heterocycles. The molecule has 5 nitrogen and oxygen atoms in total. The normalized spacial score (nSPS) is 16.8. The topological polar surface area (TPSA) is 51.1 Å². The van der Waals surface area contributed by atoms with Crippen molar-refractivity contribution in [1.29, 1.82) is 0 Å². The standard InChI is InChI=1S/C22H29FN4O/c1-2-24-22(25-16-21(28)19-10-6-7-11-20(19)23)27-14-12-26(13-15-27)17-18-8-4-3-5-9-18/h3-11,21,28H,2,12-17H2,1H3,(H,24,25). The van der Waals surface area contributed by atoms with Crippen molar-refractivity contribution in [1.82, 2.24) is 15.1 Å². The highest BCUT2D eigenvalue weighted by Gasteiger charge is 2.20. The van der Waals surface area contributed by atoms with Gasteiger partial charge in [0.1, 0.15) is 11.9 Å². The van der Waals surface area contributed by atoms with Gasteiger partial charge in [-0.15, -0.1) is 0 Å². The Morgan fingerprint density at radius 2 is 1.75 bits per heavy atom. The second kappa shape index (κ2) is 10.2. The predicted molar refractivity (Wildman–Crippen MR) is 111 cm³/mol. The Hall–Kier alpha value is -2.44. The summed E-state index contributed by atoms with van der Waals surface area (Å²) in [5.74, 6) is 0.377. The quantitative estimate of drug-likeness (QED) is 0.594. The molecule has 0 spiro atoms. The van der Waals surface area contributed by atoms with Crippen LogP contribution in [0.25, 0.3) is 0 Å². The summed E-state index contributed by atoms with van der Waals surface area (Å²) in [5.41, 5.74) is 1.61. The summed E-state index contributed by atoms with van der Waals surface area (Å²) in [5, 5.41) is 13.6. The van der Waals surface area contributed by atoms with Gasteiger partial charge < -0.3 is 15.3 Å². The molecule has 2 aromatic rings. The minimum absolute atomic E-state index is 0.132. The van der Waals surface area contributed by atoms with Gasteiger partial charge in [0, 0.05) is 44.8 Å². The molecular weight excluding hydrogens is 355 g/mol. The maximum atomic E-state index is 13.8. The van der Waals surface area contributed by atoms with E-state index < -0.39 is 11.9 Å². The molecule has 1 unspecified atom stereocenters. The Labute approximate surface area is 166 Å². The summed E-state index contributed by atoms with van der Waals surface area (Å²) in [4.78, 5) is 9.20. The average molecular weight is 384 g/mol. The Balaban J connectivity index is 1.57. The molecule has 1 fully saturated rings. The van der Waals surface area contributed by atoms with Crippen LogP contribution in [0, 0.1) is 5.82 Å². The molecule has 1 atom stereocenters. The fraction of sp³-hybridized carbons (Fsp3) is 0.409. The molecule has 6 heteroatoms. The maximum absolute atomic E-state index is 13.8. The first-order valence-corrected chi connectivity index (χ1v) is 9.89. The monoisotopic (exact) mass is 384 g/mol. The van der Waals surface area contributed by atoms with Crippen molar-refractivity contribution in [2.24, 2.45) is 4.99 Å². The smallest absolute Gasteiger partial charge is 0.194 e. The maximum Gasteiger partial charge on any atom is 0.194 e. The highest BCUT2D eigenvalue weighted by molar-refractivity contribution is 5.80. The lowest BCUT2D eigenvalue weighted by atomic mass is 10.1. The van der Waals surface area contributed by atoms with Crippen molar-refractivity contribution in [2.75, 3.05) is 39.3 Å². The summed E-state index contributed by atoms with van der Waals surface area (Å²) in [6.07, 6.45) is -0.950. The minimum atomic E-state index is -0.950. The van der Waals surface area contributed by atoms with E-state index in [-0.39, 0.29) is 12.1 Å². The highest BCUT2D eigenvalue weighted by atomic mass is 19.1. The van der Waals surface area contributed by atoms with Gasteiger partial charge in [0.25, 0.3) is 0 Å². The van der Waals surface area contributed by atoms with Crippen LogP contribution in [0.2, 0.25) is 0 Å². The number of aliphatic hydroxyl groups excluding tert-OH is 1. The molecular formula is C22H29FN4O. The van der Waals surface area contributed by atoms with Crippen molar-refractivity contribution in [3.8, 4) is 0 Å². The third-order valence-corrected chi connectivity index (χ3v) is 4.93. The zero-order valence-corrected chi connectivity index (χ0v) is 16.4. The molecule has 0 saturated carbocycles. The van der Waals surface area contributed by atoms with E-state index in [0.29, 0.717) is 0 Å². The molecule has 3 rings (SSSR count). The van der Waals surface area contributed by atoms with E-state index in [4.69, 9.17) is 0 Å². The van der Waals surface area contributed by atoms with Crippen LogP contribution in [0.5, 0.6) is 0 Å². The molecule has 0 amide bonds. The first-order valence-electron chi connectivity index (χ1n) is 9.89. The van der Waals surface area contributed by atoms with E-state index in [1.54, 1.807) is 18.2 Å². The summed E-state index contributed by atoms with van der Waals surface area (Å²) in [7, 11) is 0. The number of halogens is 1. The Morgan fingerprint density at radius 3 is 2.43 bits per heavy atom. The number of benzene rings is 2. The zero-order chi connectivity index (χ0) is 19.8. The predicted octanol–water partition coefficient (Wildman–Crippen LogP) is 2.64. The van der Waals surface area contributed by atoms with Crippen LogP contribution in [0.4, 0.5) is 4.39 Å². The van der Waals surface area contributed by atoms with E-state index in [0.717, 1.165) is 45.2 Å². The van der Waals surface area contributed by atoms with Crippen molar-refractivity contribution >= 4 is 5.96 Å². The van der Waals surface area contributed by atoms with Gasteiger partial charge in [-0.25, -0.2) is 4.39 Å². The number of guanidine groups is 1. The fourth-order valence-corrected chi connectivity index (χ4v) is 3.40. The third kappa shape index (κ3) is 5.53. The molecule has 1 heterocycles. The van der Waals surface area contributed by atoms with Gasteiger partial charge >= 0.3 is 0 Å². The SMILES string of the molecule is CCNC(=NCC(O)c1ccccc1F)N1CCN(Cc2ccccc2)CC1. The van der Waals surface area contributed by atoms with Gasteiger partial charge in [0.2, 0.25) is 0 Å². The largest absolute Gasteiger partial charge is 0.386 e. The molecule has 0 bridgehead atoms. The molecule has 2 N–H and O–H groups in total. The van der Waals surface area contributed by atoms with Gasteiger partial charge in [-0.1, -0.05) is 48.5 Å². The lowest BCUT2D eigenvalue weighted by Crippen LogP contribution is -2.52. The van der Waals surface area contributed by atoms with Gasteiger partial charge in [-0.3, -0.25) is 9.89 Å². The second-order valence-electron chi connectivity index (χ2n) is 6.98. The van der Waals surface area contributed by atoms with Crippen LogP contribution in [-0.2, 0) is 6.54 Å². The number of piperazine rings is 1. The Bertz CT molecular complexity index is 760. The molecule has 2 aromatic carbocycles. The van der Waals surface area contributed by atoms with Gasteiger partial charge in [0.15, 0.2) is 5.96 Å². The van der Waals surface area contributed by atoms with Crippen LogP contribution in [-0.4, -0.2) is 60.1 Å². The first kappa shape index (κ1) is 20.3. The fourth-order valence-electron chi connectivity index (χ4n) is 3.40.